The number of unbranched alkanes of at least 4 members (excludes halogenated alkanes) is 3. The highest BCUT2D eigenvalue weighted by molar-refractivity contribution is 6.03. The number of cyclic esters (lactones) is 1. The van der Waals surface area contributed by atoms with E-state index in [1.54, 1.807) is 51.1 Å². The average molecular weight is 1160 g/mol. The first-order chi connectivity index (χ1) is 40.1. The second-order valence-electron chi connectivity index (χ2n) is 22.3. The number of nitrogens with zero attached hydrogens (tertiary/aromatic N) is 3. The van der Waals surface area contributed by atoms with Crippen molar-refractivity contribution in [3.05, 3.63) is 97.6 Å². The Bertz CT molecular complexity index is 3400. The minimum absolute atomic E-state index is 0.0296. The zero-order chi connectivity index (χ0) is 60.6. The number of ether oxygens (including phenoxy) is 1. The highest BCUT2D eigenvalue weighted by Gasteiger charge is 2.46. The number of carbonyl (C=O) groups is 11. The van der Waals surface area contributed by atoms with Crippen molar-refractivity contribution in [2.24, 2.45) is 11.8 Å². The van der Waals surface area contributed by atoms with Gasteiger partial charge in [-0.25, -0.2) is 14.2 Å². The number of imide groups is 1. The third-order valence-corrected chi connectivity index (χ3v) is 16.4. The zero-order valence-corrected chi connectivity index (χ0v) is 47.3. The van der Waals surface area contributed by atoms with E-state index >= 15 is 4.39 Å². The van der Waals surface area contributed by atoms with Crippen molar-refractivity contribution >= 4 is 75.6 Å². The maximum Gasteiger partial charge on any atom is 0.343 e. The Morgan fingerprint density at radius 1 is 0.821 bits per heavy atom. The van der Waals surface area contributed by atoms with Gasteiger partial charge < -0.3 is 40.8 Å². The van der Waals surface area contributed by atoms with Gasteiger partial charge in [-0.05, 0) is 86.6 Å². The van der Waals surface area contributed by atoms with Gasteiger partial charge in [-0.1, -0.05) is 50.6 Å². The van der Waals surface area contributed by atoms with Gasteiger partial charge in [0, 0.05) is 85.9 Å². The van der Waals surface area contributed by atoms with Gasteiger partial charge in [-0.3, -0.25) is 57.6 Å². The molecule has 5 heterocycles. The minimum atomic E-state index is -2.10. The number of aromatic nitrogens is 2. The molecule has 1 aliphatic carbocycles. The maximum atomic E-state index is 15.5. The lowest BCUT2D eigenvalue weighted by Gasteiger charge is -2.31. The standard InChI is InChI=1S/C61H70FN7O15/c1-4-61(83)43-26-48-55-41(31-69(48)59(81)42(43)32-84-60(61)82)54-45(20-19-40-34(3)44(62)27-46(66-55)53(40)54)67-57(79)47(28-52(76)77)65-50(74)17-11-10-16-38(71)29-64-56(78)36(24-35-13-7-5-8-14-35)25-39(72)30-63-49(73)21-18-37(70)15-9-6-12-22-68-51(75)23-33(2)58(68)80/h5,7-8,13-14,26-27,33,36,45,47,83H,4,6,9-12,15-25,28-32H2,1-3H3,(H,63,73)(H,64,78)(H,65,74)(H,67,79)(H,76,77)/t33?,36-,45+,47+,61+/m1/s1. The Kier molecular flexibility index (Phi) is 19.8. The second kappa shape index (κ2) is 26.9. The fourth-order valence-corrected chi connectivity index (χ4v) is 11.7. The van der Waals surface area contributed by atoms with E-state index in [4.69, 9.17) is 9.72 Å². The number of aliphatic carboxylic acids is 1. The zero-order valence-electron chi connectivity index (χ0n) is 47.3. The fraction of sp³-hybridized carbons (Fsp3) is 0.492. The summed E-state index contributed by atoms with van der Waals surface area (Å²) in [5.41, 5.74) is 1.14. The van der Waals surface area contributed by atoms with E-state index in [-0.39, 0.29) is 161 Å². The number of esters is 1. The Labute approximate surface area is 483 Å². The Morgan fingerprint density at radius 2 is 1.54 bits per heavy atom. The van der Waals surface area contributed by atoms with Crippen LogP contribution in [-0.4, -0.2) is 115 Å². The predicted molar refractivity (Wildman–Crippen MR) is 299 cm³/mol. The summed E-state index contributed by atoms with van der Waals surface area (Å²) in [4.78, 5) is 161. The molecule has 0 spiro atoms. The van der Waals surface area contributed by atoms with Crippen molar-refractivity contribution in [3.63, 3.8) is 0 Å². The molecule has 5 atom stereocenters. The fourth-order valence-electron chi connectivity index (χ4n) is 11.7. The van der Waals surface area contributed by atoms with Gasteiger partial charge in [0.15, 0.2) is 17.2 Å². The maximum absolute atomic E-state index is 15.5. The number of carboxylic acids is 1. The Morgan fingerprint density at radius 3 is 2.25 bits per heavy atom. The SMILES string of the molecule is CC[C@@]1(O)C(=O)OCc2c1cc1n(c2=O)Cc2c-1nc1cc(F)c(C)c3c1c2[C@@H](NC(=O)[C@H](CC(=O)O)NC(=O)CCCCC(=O)CNC(=O)[C@@H](CC(=O)CNC(=O)CCC(=O)CCCCCN1C(=O)CC(C)C1=O)Cc1ccccc1)CC3. The largest absolute Gasteiger partial charge is 0.481 e. The number of benzene rings is 2. The number of halogens is 1. The second-order valence-corrected chi connectivity index (χ2v) is 22.3. The lowest BCUT2D eigenvalue weighted by atomic mass is 9.81. The number of carboxylic acid groups (broad SMARTS) is 1. The molecule has 8 rings (SSSR count). The lowest BCUT2D eigenvalue weighted by Crippen LogP contribution is -2.49. The minimum Gasteiger partial charge on any atom is -0.481 e. The third kappa shape index (κ3) is 14.0. The Hall–Kier alpha value is -8.34. The molecule has 4 aliphatic rings. The summed E-state index contributed by atoms with van der Waals surface area (Å²) in [6.07, 6.45) is 1.70. The van der Waals surface area contributed by atoms with Crippen LogP contribution in [0.25, 0.3) is 22.3 Å². The van der Waals surface area contributed by atoms with Crippen LogP contribution in [0.1, 0.15) is 155 Å². The molecule has 22 nitrogen and oxygen atoms in total. The summed E-state index contributed by atoms with van der Waals surface area (Å²) < 4.78 is 22.1. The van der Waals surface area contributed by atoms with Gasteiger partial charge in [-0.15, -0.1) is 0 Å². The van der Waals surface area contributed by atoms with Crippen molar-refractivity contribution in [2.45, 2.75) is 161 Å². The first-order valence-corrected chi connectivity index (χ1v) is 28.7. The van der Waals surface area contributed by atoms with E-state index in [9.17, 15) is 67.7 Å². The number of aliphatic hydroxyl groups is 1. The van der Waals surface area contributed by atoms with Crippen molar-refractivity contribution in [1.29, 1.82) is 0 Å². The van der Waals surface area contributed by atoms with Crippen molar-refractivity contribution in [3.8, 4) is 11.4 Å². The summed E-state index contributed by atoms with van der Waals surface area (Å²) in [5, 5.41) is 32.4. The van der Waals surface area contributed by atoms with Crippen LogP contribution < -0.4 is 26.8 Å². The van der Waals surface area contributed by atoms with Gasteiger partial charge in [-0.2, -0.15) is 0 Å². The molecular formula is C61H70FN7O15. The Balaban J connectivity index is 0.806. The number of Topliss-reactive ketones (excluding diaryl/α,β-unsaturated/α-hetero) is 3. The summed E-state index contributed by atoms with van der Waals surface area (Å²) in [5.74, 6) is -7.88. The summed E-state index contributed by atoms with van der Waals surface area (Å²) in [6.45, 7) is 4.09. The molecular weight excluding hydrogens is 1090 g/mol. The molecule has 2 aromatic carbocycles. The van der Waals surface area contributed by atoms with Crippen molar-refractivity contribution < 1.29 is 72.1 Å². The molecule has 6 N–H and O–H groups in total. The quantitative estimate of drug-likeness (QED) is 0.0223. The van der Waals surface area contributed by atoms with Gasteiger partial charge in [0.25, 0.3) is 5.56 Å². The van der Waals surface area contributed by atoms with Crippen LogP contribution >= 0.6 is 0 Å². The number of carbonyl (C=O) groups excluding carboxylic acids is 10. The molecule has 6 amide bonds. The summed E-state index contributed by atoms with van der Waals surface area (Å²) >= 11 is 0. The number of nitrogens with one attached hydrogen (secondary N) is 4. The number of ketones is 3. The van der Waals surface area contributed by atoms with E-state index in [2.05, 4.69) is 21.3 Å². The molecule has 3 aliphatic heterocycles. The number of aryl methyl sites for hydroxylation is 1. The average Bonchev–Trinajstić information content (AvgIpc) is 3.09. The van der Waals surface area contributed by atoms with Crippen LogP contribution in [0.4, 0.5) is 4.39 Å². The van der Waals surface area contributed by atoms with Gasteiger partial charge in [0.1, 0.15) is 24.2 Å². The highest BCUT2D eigenvalue weighted by Crippen LogP contribution is 2.46. The van der Waals surface area contributed by atoms with Crippen LogP contribution in [0, 0.1) is 24.6 Å². The predicted octanol–water partition coefficient (Wildman–Crippen LogP) is 4.07. The van der Waals surface area contributed by atoms with E-state index in [0.29, 0.717) is 59.9 Å². The van der Waals surface area contributed by atoms with Crippen molar-refractivity contribution in [1.82, 2.24) is 35.7 Å². The molecule has 0 bridgehead atoms. The summed E-state index contributed by atoms with van der Waals surface area (Å²) in [7, 11) is 0. The third-order valence-electron chi connectivity index (χ3n) is 16.4. The number of pyridine rings is 2. The first-order valence-electron chi connectivity index (χ1n) is 28.7. The van der Waals surface area contributed by atoms with E-state index < -0.39 is 82.8 Å². The molecule has 84 heavy (non-hydrogen) atoms. The molecule has 1 saturated heterocycles. The van der Waals surface area contributed by atoms with Crippen LogP contribution in [0.15, 0.2) is 47.3 Å². The number of amides is 6. The van der Waals surface area contributed by atoms with E-state index in [1.807, 2.05) is 0 Å². The number of rotatable bonds is 29. The van der Waals surface area contributed by atoms with Crippen LogP contribution in [0.5, 0.6) is 0 Å². The first kappa shape index (κ1) is 61.7. The molecule has 0 saturated carbocycles. The highest BCUT2D eigenvalue weighted by atomic mass is 19.1. The summed E-state index contributed by atoms with van der Waals surface area (Å²) in [6, 6.07) is 9.33. The number of likely N-dealkylation sites (tertiary alicyclic amines) is 1. The normalized spacial score (nSPS) is 18.2. The number of hydrogen-bond acceptors (Lipinski definition) is 15. The topological polar surface area (TPSA) is 324 Å². The monoisotopic (exact) mass is 1160 g/mol. The number of hydrogen-bond donors (Lipinski definition) is 6. The molecule has 2 aromatic heterocycles. The number of fused-ring (bicyclic) bond motifs is 5. The molecule has 4 aromatic rings. The molecule has 23 heteroatoms. The van der Waals surface area contributed by atoms with Crippen LogP contribution in [0.3, 0.4) is 0 Å². The molecule has 1 unspecified atom stereocenters. The van der Waals surface area contributed by atoms with Gasteiger partial charge in [0.2, 0.25) is 35.4 Å². The smallest absolute Gasteiger partial charge is 0.343 e. The van der Waals surface area contributed by atoms with Gasteiger partial charge >= 0.3 is 11.9 Å². The molecule has 0 radical (unpaired) electrons. The molecule has 446 valence electrons. The van der Waals surface area contributed by atoms with Gasteiger partial charge in [0.05, 0.1) is 54.6 Å². The lowest BCUT2D eigenvalue weighted by molar-refractivity contribution is -0.172. The van der Waals surface area contributed by atoms with Crippen LogP contribution in [0.2, 0.25) is 0 Å². The van der Waals surface area contributed by atoms with E-state index in [0.717, 1.165) is 5.56 Å². The van der Waals surface area contributed by atoms with Crippen molar-refractivity contribution in [2.75, 3.05) is 19.6 Å². The van der Waals surface area contributed by atoms with E-state index in [1.165, 1.54) is 21.6 Å². The molecule has 1 fully saturated rings. The van der Waals surface area contributed by atoms with Crippen LogP contribution in [-0.2, 0) is 89.1 Å².